The van der Waals surface area contributed by atoms with E-state index in [9.17, 15) is 40.5 Å². The molecule has 2 fully saturated rings. The number of allylic oxidation sites excluding steroid dienone is 1. The van der Waals surface area contributed by atoms with E-state index in [2.05, 4.69) is 0 Å². The molecule has 2 heterocycles. The molecule has 0 aromatic carbocycles. The lowest BCUT2D eigenvalue weighted by Gasteiger charge is -2.44. The second-order valence-electron chi connectivity index (χ2n) is 6.92. The van der Waals surface area contributed by atoms with E-state index in [0.717, 1.165) is 0 Å². The number of hydrogen-bond acceptors (Lipinski definition) is 12. The van der Waals surface area contributed by atoms with Gasteiger partial charge in [0.25, 0.3) is 0 Å². The molecule has 12 heteroatoms. The van der Waals surface area contributed by atoms with Crippen LogP contribution in [0.5, 0.6) is 0 Å². The minimum absolute atomic E-state index is 0.310. The normalized spacial score (nSPS) is 43.8. The third-order valence-electron chi connectivity index (χ3n) is 4.92. The topological polar surface area (TPSA) is 196 Å². The molecule has 0 bridgehead atoms. The van der Waals surface area contributed by atoms with E-state index in [-0.39, 0.29) is 0 Å². The summed E-state index contributed by atoms with van der Waals surface area (Å²) in [7, 11) is 0. The van der Waals surface area contributed by atoms with Crippen LogP contribution in [0.25, 0.3) is 0 Å². The number of esters is 1. The first-order valence-electron chi connectivity index (χ1n) is 9.08. The van der Waals surface area contributed by atoms with Crippen LogP contribution in [0.3, 0.4) is 0 Å². The van der Waals surface area contributed by atoms with Crippen molar-refractivity contribution in [3.05, 3.63) is 11.6 Å². The molecule has 168 valence electrons. The minimum atomic E-state index is -1.78. The fraction of sp³-hybridized carbons (Fsp3) is 0.824. The van der Waals surface area contributed by atoms with Crippen molar-refractivity contribution >= 4 is 5.97 Å². The van der Waals surface area contributed by atoms with Gasteiger partial charge in [-0.25, -0.2) is 4.79 Å². The summed E-state index contributed by atoms with van der Waals surface area (Å²) >= 11 is 0. The van der Waals surface area contributed by atoms with Crippen molar-refractivity contribution in [2.24, 2.45) is 0 Å². The van der Waals surface area contributed by atoms with Gasteiger partial charge in [0.1, 0.15) is 55.4 Å². The van der Waals surface area contributed by atoms with E-state index in [4.69, 9.17) is 18.9 Å². The van der Waals surface area contributed by atoms with Gasteiger partial charge in [0.05, 0.1) is 6.61 Å². The first-order valence-corrected chi connectivity index (χ1v) is 9.08. The number of carbonyl (C=O) groups is 1. The zero-order chi connectivity index (χ0) is 21.9. The Morgan fingerprint density at radius 2 is 1.34 bits per heavy atom. The van der Waals surface area contributed by atoms with Crippen LogP contribution in [0.15, 0.2) is 11.6 Å². The van der Waals surface area contributed by atoms with Crippen LogP contribution < -0.4 is 0 Å². The molecule has 0 unspecified atom stereocenters. The van der Waals surface area contributed by atoms with Gasteiger partial charge in [-0.2, -0.15) is 0 Å². The Morgan fingerprint density at radius 1 is 0.862 bits per heavy atom. The number of hydrogen-bond donors (Lipinski definition) is 7. The molecular formula is C17H28O12. The van der Waals surface area contributed by atoms with E-state index in [1.165, 1.54) is 13.0 Å². The predicted octanol–water partition coefficient (Wildman–Crippen LogP) is -3.88. The van der Waals surface area contributed by atoms with Crippen molar-refractivity contribution < 1.29 is 59.5 Å². The molecule has 0 aliphatic carbocycles. The highest BCUT2D eigenvalue weighted by molar-refractivity contribution is 5.87. The standard InChI is InChI=1S/C17H28O12/c1-3-6(2)15(25)26-5-8-10(20)12(22)14(24)17(28-8)29-16-13(23)11(21)9(19)7(4-18)27-16/h3,7-14,16-24H,4-5H2,1-2H3/b6-3+/t7-,8-,9+,10+,11+,12-,13+,14-,16+,17-/m0/s1. The van der Waals surface area contributed by atoms with Crippen LogP contribution >= 0.6 is 0 Å². The highest BCUT2D eigenvalue weighted by Gasteiger charge is 2.49. The molecule has 2 rings (SSSR count). The van der Waals surface area contributed by atoms with Gasteiger partial charge in [-0.05, 0) is 13.8 Å². The largest absolute Gasteiger partial charge is 0.459 e. The molecule has 7 N–H and O–H groups in total. The van der Waals surface area contributed by atoms with Crippen molar-refractivity contribution in [3.63, 3.8) is 0 Å². The summed E-state index contributed by atoms with van der Waals surface area (Å²) in [5.41, 5.74) is 0.310. The van der Waals surface area contributed by atoms with Gasteiger partial charge in [0.2, 0.25) is 0 Å². The third-order valence-corrected chi connectivity index (χ3v) is 4.92. The number of carbonyl (C=O) groups excluding carboxylic acids is 1. The lowest BCUT2D eigenvalue weighted by molar-refractivity contribution is -0.376. The Kier molecular flexibility index (Phi) is 8.48. The minimum Gasteiger partial charge on any atom is -0.459 e. The Morgan fingerprint density at radius 3 is 1.83 bits per heavy atom. The molecule has 0 spiro atoms. The smallest absolute Gasteiger partial charge is 0.333 e. The summed E-state index contributed by atoms with van der Waals surface area (Å²) in [6.07, 6.45) is -14.5. The Hall–Kier alpha value is -1.19. The van der Waals surface area contributed by atoms with Gasteiger partial charge < -0.3 is 54.7 Å². The average molecular weight is 424 g/mol. The quantitative estimate of drug-likeness (QED) is 0.162. The first kappa shape index (κ1) is 24.1. The molecule has 10 atom stereocenters. The lowest BCUT2D eigenvalue weighted by Crippen LogP contribution is -2.63. The maximum Gasteiger partial charge on any atom is 0.333 e. The fourth-order valence-corrected chi connectivity index (χ4v) is 2.87. The van der Waals surface area contributed by atoms with Crippen LogP contribution in [0, 0.1) is 0 Å². The summed E-state index contributed by atoms with van der Waals surface area (Å²) in [5.74, 6) is -0.671. The van der Waals surface area contributed by atoms with Crippen LogP contribution in [0.1, 0.15) is 13.8 Å². The lowest BCUT2D eigenvalue weighted by atomic mass is 9.98. The maximum absolute atomic E-state index is 11.7. The van der Waals surface area contributed by atoms with Gasteiger partial charge in [0.15, 0.2) is 12.6 Å². The van der Waals surface area contributed by atoms with E-state index in [0.29, 0.717) is 5.57 Å². The number of ether oxygens (including phenoxy) is 4. The molecule has 2 saturated heterocycles. The average Bonchev–Trinajstić information content (AvgIpc) is 2.72. The molecule has 12 nitrogen and oxygen atoms in total. The number of rotatable bonds is 6. The molecule has 0 saturated carbocycles. The molecule has 29 heavy (non-hydrogen) atoms. The number of aliphatic hydroxyl groups is 7. The molecule has 2 aliphatic rings. The fourth-order valence-electron chi connectivity index (χ4n) is 2.87. The van der Waals surface area contributed by atoms with Crippen molar-refractivity contribution in [2.45, 2.75) is 75.3 Å². The van der Waals surface area contributed by atoms with Gasteiger partial charge in [-0.3, -0.25) is 0 Å². The molecule has 0 aromatic heterocycles. The van der Waals surface area contributed by atoms with E-state index in [1.54, 1.807) is 6.92 Å². The summed E-state index contributed by atoms with van der Waals surface area (Å²) < 4.78 is 20.8. The summed E-state index contributed by atoms with van der Waals surface area (Å²) in [6, 6.07) is 0. The highest BCUT2D eigenvalue weighted by Crippen LogP contribution is 2.28. The summed E-state index contributed by atoms with van der Waals surface area (Å²) in [5, 5.41) is 69.0. The van der Waals surface area contributed by atoms with Gasteiger partial charge in [-0.15, -0.1) is 0 Å². The van der Waals surface area contributed by atoms with Crippen LogP contribution in [0.4, 0.5) is 0 Å². The maximum atomic E-state index is 11.7. The van der Waals surface area contributed by atoms with Crippen molar-refractivity contribution in [3.8, 4) is 0 Å². The SMILES string of the molecule is C/C=C(\C)C(=O)OC[C@@H]1O[C@@H](O[C@H]2O[C@@H](CO)[C@@H](O)[C@@H](O)[C@H]2O)[C@@H](O)[C@@H](O)[C@@H]1O. The second kappa shape index (κ2) is 10.2. The zero-order valence-corrected chi connectivity index (χ0v) is 15.9. The van der Waals surface area contributed by atoms with Gasteiger partial charge in [0, 0.05) is 5.57 Å². The molecule has 0 amide bonds. The van der Waals surface area contributed by atoms with Crippen LogP contribution in [-0.2, 0) is 23.7 Å². The van der Waals surface area contributed by atoms with Crippen molar-refractivity contribution in [1.82, 2.24) is 0 Å². The molecular weight excluding hydrogens is 396 g/mol. The molecule has 0 aromatic rings. The zero-order valence-electron chi connectivity index (χ0n) is 15.9. The Labute approximate surface area is 166 Å². The van der Waals surface area contributed by atoms with Gasteiger partial charge in [-0.1, -0.05) is 6.08 Å². The highest BCUT2D eigenvalue weighted by atomic mass is 16.8. The van der Waals surface area contributed by atoms with E-state index in [1.807, 2.05) is 0 Å². The Bertz CT molecular complexity index is 581. The summed E-state index contributed by atoms with van der Waals surface area (Å²) in [6.45, 7) is 1.99. The van der Waals surface area contributed by atoms with Gasteiger partial charge >= 0.3 is 5.97 Å². The third kappa shape index (κ3) is 5.30. The molecule has 2 aliphatic heterocycles. The first-order chi connectivity index (χ1) is 13.6. The van der Waals surface area contributed by atoms with Crippen molar-refractivity contribution in [1.29, 1.82) is 0 Å². The monoisotopic (exact) mass is 424 g/mol. The predicted molar refractivity (Wildman–Crippen MR) is 91.9 cm³/mol. The Balaban J connectivity index is 2.06. The van der Waals surface area contributed by atoms with E-state index < -0.39 is 80.6 Å². The van der Waals surface area contributed by atoms with Crippen molar-refractivity contribution in [2.75, 3.05) is 13.2 Å². The second-order valence-corrected chi connectivity index (χ2v) is 6.92. The number of aliphatic hydroxyl groups excluding tert-OH is 7. The van der Waals surface area contributed by atoms with E-state index >= 15 is 0 Å². The van der Waals surface area contributed by atoms with Crippen LogP contribution in [-0.4, -0.2) is 116 Å². The molecule has 0 radical (unpaired) electrons. The summed E-state index contributed by atoms with van der Waals surface area (Å²) in [4.78, 5) is 11.7. The van der Waals surface area contributed by atoms with Crippen LogP contribution in [0.2, 0.25) is 0 Å².